The number of amides is 2. The van der Waals surface area contributed by atoms with Crippen molar-refractivity contribution in [2.75, 3.05) is 30.3 Å². The van der Waals surface area contributed by atoms with E-state index in [1.807, 2.05) is 45.0 Å². The Morgan fingerprint density at radius 1 is 1.09 bits per heavy atom. The molecule has 0 fully saturated rings. The maximum atomic E-state index is 13.4. The summed E-state index contributed by atoms with van der Waals surface area (Å²) in [5.41, 5.74) is 3.89. The van der Waals surface area contributed by atoms with Gasteiger partial charge in [-0.25, -0.2) is 0 Å². The number of fused-ring (bicyclic) bond motifs is 1. The highest BCUT2D eigenvalue weighted by Gasteiger charge is 2.34. The van der Waals surface area contributed by atoms with Gasteiger partial charge in [-0.3, -0.25) is 14.5 Å². The molecule has 0 aliphatic heterocycles. The third kappa shape index (κ3) is 5.78. The quantitative estimate of drug-likeness (QED) is 0.560. The number of carbonyl (C=O) groups is 2. The summed E-state index contributed by atoms with van der Waals surface area (Å²) in [6, 6.07) is 7.80. The van der Waals surface area contributed by atoms with Gasteiger partial charge in [0.15, 0.2) is 0 Å². The summed E-state index contributed by atoms with van der Waals surface area (Å²) < 4.78 is 0. The summed E-state index contributed by atoms with van der Waals surface area (Å²) in [6.45, 7) is 14.9. The molecule has 0 saturated carbocycles. The van der Waals surface area contributed by atoms with Crippen LogP contribution >= 0.6 is 11.3 Å². The zero-order valence-corrected chi connectivity index (χ0v) is 21.1. The van der Waals surface area contributed by atoms with Crippen molar-refractivity contribution in [3.63, 3.8) is 0 Å². The molecule has 1 heterocycles. The molecule has 1 aliphatic rings. The third-order valence-corrected chi connectivity index (χ3v) is 7.71. The Bertz CT molecular complexity index is 953. The van der Waals surface area contributed by atoms with Crippen molar-refractivity contribution in [2.24, 2.45) is 11.3 Å². The van der Waals surface area contributed by atoms with Gasteiger partial charge in [-0.1, -0.05) is 52.3 Å². The summed E-state index contributed by atoms with van der Waals surface area (Å²) in [5, 5.41) is 6.81. The maximum Gasteiger partial charge on any atom is 0.258 e. The van der Waals surface area contributed by atoms with Crippen LogP contribution in [-0.2, 0) is 17.6 Å². The number of hydrogen-bond acceptors (Lipinski definition) is 4. The first-order valence-corrected chi connectivity index (χ1v) is 12.5. The molecule has 0 saturated heterocycles. The van der Waals surface area contributed by atoms with Gasteiger partial charge in [0.1, 0.15) is 5.00 Å². The van der Waals surface area contributed by atoms with Crippen molar-refractivity contribution in [1.82, 2.24) is 4.90 Å². The Kier molecular flexibility index (Phi) is 7.78. The predicted octanol–water partition coefficient (Wildman–Crippen LogP) is 5.74. The van der Waals surface area contributed by atoms with E-state index in [1.54, 1.807) is 11.3 Å². The number of thiophene rings is 1. The minimum Gasteiger partial charge on any atom is -0.322 e. The number of hydrogen-bond donors (Lipinski definition) is 2. The highest BCUT2D eigenvalue weighted by molar-refractivity contribution is 7.17. The van der Waals surface area contributed by atoms with E-state index in [0.717, 1.165) is 49.2 Å². The molecule has 1 aromatic heterocycles. The van der Waals surface area contributed by atoms with Crippen LogP contribution in [0.3, 0.4) is 0 Å². The highest BCUT2D eigenvalue weighted by atomic mass is 32.1. The minimum absolute atomic E-state index is 0.0657. The zero-order chi connectivity index (χ0) is 23.5. The van der Waals surface area contributed by atoms with Gasteiger partial charge in [-0.2, -0.15) is 0 Å². The fourth-order valence-corrected chi connectivity index (χ4v) is 5.64. The molecular formula is C26H37N3O2S. The van der Waals surface area contributed by atoms with Crippen LogP contribution in [0.2, 0.25) is 0 Å². The van der Waals surface area contributed by atoms with Gasteiger partial charge in [0.05, 0.1) is 12.1 Å². The molecule has 3 rings (SSSR count). The van der Waals surface area contributed by atoms with E-state index in [4.69, 9.17) is 0 Å². The first-order chi connectivity index (χ1) is 15.1. The molecule has 174 valence electrons. The molecule has 2 aromatic rings. The van der Waals surface area contributed by atoms with Crippen molar-refractivity contribution in [1.29, 1.82) is 0 Å². The van der Waals surface area contributed by atoms with Crippen LogP contribution in [-0.4, -0.2) is 36.3 Å². The van der Waals surface area contributed by atoms with Crippen LogP contribution in [0, 0.1) is 18.3 Å². The van der Waals surface area contributed by atoms with E-state index >= 15 is 0 Å². The second-order valence-corrected chi connectivity index (χ2v) is 10.9. The summed E-state index contributed by atoms with van der Waals surface area (Å²) in [4.78, 5) is 29.5. The van der Waals surface area contributed by atoms with E-state index in [0.29, 0.717) is 23.0 Å². The molecule has 1 aromatic carbocycles. The monoisotopic (exact) mass is 455 g/mol. The lowest BCUT2D eigenvalue weighted by molar-refractivity contribution is -0.117. The first kappa shape index (κ1) is 24.5. The van der Waals surface area contributed by atoms with Gasteiger partial charge in [0.25, 0.3) is 5.91 Å². The molecule has 32 heavy (non-hydrogen) atoms. The molecule has 5 nitrogen and oxygen atoms in total. The van der Waals surface area contributed by atoms with Gasteiger partial charge < -0.3 is 10.6 Å². The fraction of sp³-hybridized carbons (Fsp3) is 0.538. The Labute approximate surface area is 196 Å². The van der Waals surface area contributed by atoms with Gasteiger partial charge in [0.2, 0.25) is 5.91 Å². The summed E-state index contributed by atoms with van der Waals surface area (Å²) in [5.74, 6) is 0.364. The number of aryl methyl sites for hydroxylation is 1. The Balaban J connectivity index is 1.90. The average molecular weight is 456 g/mol. The summed E-state index contributed by atoms with van der Waals surface area (Å²) in [7, 11) is 0. The molecule has 0 unspecified atom stereocenters. The second-order valence-electron chi connectivity index (χ2n) is 9.84. The number of anilines is 2. The number of nitrogens with one attached hydrogen (secondary N) is 2. The Morgan fingerprint density at radius 3 is 2.34 bits per heavy atom. The van der Waals surface area contributed by atoms with E-state index in [-0.39, 0.29) is 17.2 Å². The van der Waals surface area contributed by atoms with Crippen molar-refractivity contribution in [3.05, 3.63) is 45.8 Å². The number of nitrogens with zero attached hydrogens (tertiary/aromatic N) is 1. The molecule has 2 N–H and O–H groups in total. The molecule has 1 atom stereocenters. The van der Waals surface area contributed by atoms with E-state index in [2.05, 4.69) is 36.3 Å². The van der Waals surface area contributed by atoms with Crippen molar-refractivity contribution in [3.8, 4) is 0 Å². The average Bonchev–Trinajstić information content (AvgIpc) is 3.09. The lowest BCUT2D eigenvalue weighted by Crippen LogP contribution is -2.33. The second kappa shape index (κ2) is 10.2. The van der Waals surface area contributed by atoms with Crippen LogP contribution in [0.25, 0.3) is 0 Å². The smallest absolute Gasteiger partial charge is 0.258 e. The van der Waals surface area contributed by atoms with Crippen molar-refractivity contribution < 1.29 is 9.59 Å². The van der Waals surface area contributed by atoms with Gasteiger partial charge >= 0.3 is 0 Å². The van der Waals surface area contributed by atoms with E-state index in [1.165, 1.54) is 4.88 Å². The number of rotatable bonds is 7. The minimum atomic E-state index is -0.140. The Hall–Kier alpha value is -2.18. The lowest BCUT2D eigenvalue weighted by Gasteiger charge is -2.33. The molecule has 2 amide bonds. The van der Waals surface area contributed by atoms with Gasteiger partial charge in [-0.15, -0.1) is 11.3 Å². The predicted molar refractivity (Wildman–Crippen MR) is 135 cm³/mol. The van der Waals surface area contributed by atoms with Crippen molar-refractivity contribution >= 4 is 33.8 Å². The molecule has 1 aliphatic carbocycles. The topological polar surface area (TPSA) is 61.4 Å². The number of benzene rings is 1. The maximum absolute atomic E-state index is 13.4. The number of carbonyl (C=O) groups excluding carboxylic acids is 2. The van der Waals surface area contributed by atoms with Crippen LogP contribution in [0.1, 0.15) is 67.4 Å². The van der Waals surface area contributed by atoms with Crippen LogP contribution in [0.4, 0.5) is 10.7 Å². The van der Waals surface area contributed by atoms with Crippen LogP contribution < -0.4 is 10.6 Å². The largest absolute Gasteiger partial charge is 0.322 e. The molecule has 6 heteroatoms. The van der Waals surface area contributed by atoms with E-state index in [9.17, 15) is 9.59 Å². The highest BCUT2D eigenvalue weighted by Crippen LogP contribution is 2.44. The standard InChI is InChI=1S/C26H37N3O2S/c1-7-29(8-2)16-22(30)28-25-23(24(31)27-19-12-9-17(3)10-13-19)20-14-11-18(26(4,5)6)15-21(20)32-25/h9-10,12-13,18H,7-8,11,14-16H2,1-6H3,(H,27,31)(H,28,30)/t18-/m1/s1. The van der Waals surface area contributed by atoms with Crippen LogP contribution in [0.15, 0.2) is 24.3 Å². The Morgan fingerprint density at radius 2 is 1.75 bits per heavy atom. The normalized spacial score (nSPS) is 16.0. The zero-order valence-electron chi connectivity index (χ0n) is 20.3. The molecule has 0 radical (unpaired) electrons. The third-order valence-electron chi connectivity index (χ3n) is 6.54. The van der Waals surface area contributed by atoms with Crippen LogP contribution in [0.5, 0.6) is 0 Å². The van der Waals surface area contributed by atoms with Gasteiger partial charge in [0, 0.05) is 10.6 Å². The fourth-order valence-electron chi connectivity index (χ4n) is 4.30. The number of likely N-dealkylation sites (N-methyl/N-ethyl adjacent to an activating group) is 1. The first-order valence-electron chi connectivity index (χ1n) is 11.7. The van der Waals surface area contributed by atoms with E-state index < -0.39 is 0 Å². The summed E-state index contributed by atoms with van der Waals surface area (Å²) >= 11 is 1.58. The summed E-state index contributed by atoms with van der Waals surface area (Å²) in [6.07, 6.45) is 2.89. The van der Waals surface area contributed by atoms with Gasteiger partial charge in [-0.05, 0) is 68.3 Å². The lowest BCUT2D eigenvalue weighted by atomic mass is 9.72. The molecule has 0 spiro atoms. The molecular weight excluding hydrogens is 418 g/mol. The van der Waals surface area contributed by atoms with Crippen molar-refractivity contribution in [2.45, 2.75) is 60.8 Å². The molecule has 0 bridgehead atoms. The SMILES string of the molecule is CCN(CC)CC(=O)Nc1sc2c(c1C(=O)Nc1ccc(C)cc1)CC[C@@H](C(C)(C)C)C2.